The molecule has 7 heteroatoms. The van der Waals surface area contributed by atoms with Gasteiger partial charge in [-0.05, 0) is 11.8 Å². The molecule has 0 heterocycles. The van der Waals surface area contributed by atoms with Gasteiger partial charge in [-0.2, -0.15) is 0 Å². The Labute approximate surface area is 62.8 Å². The first kappa shape index (κ1) is 9.87. The van der Waals surface area contributed by atoms with E-state index in [1.165, 1.54) is 0 Å². The number of rotatable bonds is 3. The Balaban J connectivity index is 4.02. The molecule has 0 saturated heterocycles. The van der Waals surface area contributed by atoms with Crippen molar-refractivity contribution in [2.24, 2.45) is 5.73 Å². The first-order chi connectivity index (χ1) is 4.49. The summed E-state index contributed by atoms with van der Waals surface area (Å²) in [4.78, 5) is 20.9. The van der Waals surface area contributed by atoms with E-state index in [1.807, 2.05) is 0 Å². The molecule has 0 aromatic heterocycles. The summed E-state index contributed by atoms with van der Waals surface area (Å²) >= 11 is 4.23. The fraction of sp³-hybridized carbons (Fsp3) is 0.333. The van der Waals surface area contributed by atoms with E-state index < -0.39 is 6.49 Å². The fourth-order valence-corrected chi connectivity index (χ4v) is 1.27. The van der Waals surface area contributed by atoms with Crippen molar-refractivity contribution < 1.29 is 19.9 Å². The van der Waals surface area contributed by atoms with Crippen LogP contribution in [0.25, 0.3) is 0 Å². The molecule has 0 amide bonds. The molecule has 0 aliphatic heterocycles. The highest BCUT2D eigenvalue weighted by Gasteiger charge is 2.11. The minimum atomic E-state index is -3.35. The Morgan fingerprint density at radius 1 is 1.70 bits per heavy atom. The highest BCUT2D eigenvalue weighted by Crippen LogP contribution is 2.36. The molecule has 10 heavy (non-hydrogen) atoms. The van der Waals surface area contributed by atoms with Crippen LogP contribution >= 0.6 is 6.49 Å². The van der Waals surface area contributed by atoms with Crippen LogP contribution in [0.5, 0.6) is 0 Å². The third-order valence-corrected chi connectivity index (χ3v) is 1.78. The molecule has 0 aliphatic carbocycles. The number of hydrogen-bond acceptors (Lipinski definition) is 4. The maximum absolute atomic E-state index is 8.64. The monoisotopic (exact) mass is 185 g/mol. The van der Waals surface area contributed by atoms with Crippen molar-refractivity contribution in [2.45, 2.75) is 0 Å². The van der Waals surface area contributed by atoms with Gasteiger partial charge in [0.2, 0.25) is 0 Å². The van der Waals surface area contributed by atoms with Crippen LogP contribution in [0.15, 0.2) is 12.0 Å². The fourth-order valence-electron chi connectivity index (χ4n) is 0.315. The third-order valence-electron chi connectivity index (χ3n) is 0.665. The maximum atomic E-state index is 8.64. The van der Waals surface area contributed by atoms with Gasteiger partial charge in [0.05, 0.1) is 6.16 Å². The summed E-state index contributed by atoms with van der Waals surface area (Å²) in [6.07, 6.45) is 0.586. The van der Waals surface area contributed by atoms with Gasteiger partial charge in [0.1, 0.15) is 0 Å². The zero-order valence-electron chi connectivity index (χ0n) is 4.97. The van der Waals surface area contributed by atoms with Crippen LogP contribution in [0.2, 0.25) is 0 Å². The highest BCUT2D eigenvalue weighted by molar-refractivity contribution is 8.09. The van der Waals surface area contributed by atoms with Crippen LogP contribution in [0.1, 0.15) is 0 Å². The van der Waals surface area contributed by atoms with Gasteiger partial charge in [-0.1, -0.05) is 0 Å². The Kier molecular flexibility index (Phi) is 3.85. The van der Waals surface area contributed by atoms with Gasteiger partial charge in [-0.3, -0.25) is 0 Å². The third kappa shape index (κ3) is 4.72. The Bertz CT molecular complexity index is 175. The molecule has 0 aromatic rings. The molecule has 0 spiro atoms. The molecule has 0 saturated carbocycles. The Morgan fingerprint density at radius 3 is 2.30 bits per heavy atom. The van der Waals surface area contributed by atoms with Crippen LogP contribution in [-0.4, -0.2) is 21.2 Å². The van der Waals surface area contributed by atoms with Crippen molar-refractivity contribution >= 4 is 18.3 Å². The lowest BCUT2D eigenvalue weighted by molar-refractivity contribution is -0.202. The predicted octanol–water partition coefficient (Wildman–Crippen LogP) is -0.430. The predicted molar refractivity (Wildman–Crippen MR) is 39.6 cm³/mol. The van der Waals surface area contributed by atoms with Gasteiger partial charge >= 0.3 is 0 Å². The Hall–Kier alpha value is -0.130. The second kappa shape index (κ2) is 3.90. The standard InChI is InChI=1S/C3H8NO4PS/c4-1-3(8-5)2-9(6,7)10/h1,5H,2,4H2,(H2,6,7,10)/b3-1-. The summed E-state index contributed by atoms with van der Waals surface area (Å²) in [5, 5.41) is 7.99. The molecule has 0 bridgehead atoms. The van der Waals surface area contributed by atoms with Crippen molar-refractivity contribution in [1.29, 1.82) is 0 Å². The quantitative estimate of drug-likeness (QED) is 0.206. The molecule has 0 rings (SSSR count). The van der Waals surface area contributed by atoms with Crippen molar-refractivity contribution in [3.63, 3.8) is 0 Å². The molecule has 0 radical (unpaired) electrons. The van der Waals surface area contributed by atoms with E-state index >= 15 is 0 Å². The van der Waals surface area contributed by atoms with E-state index in [1.54, 1.807) is 0 Å². The summed E-state index contributed by atoms with van der Waals surface area (Å²) in [6.45, 7) is -3.35. The largest absolute Gasteiger partial charge is 0.402 e. The average molecular weight is 185 g/mol. The first-order valence-electron chi connectivity index (χ1n) is 2.26. The van der Waals surface area contributed by atoms with Gasteiger partial charge in [-0.15, -0.1) is 0 Å². The molecule has 0 aliphatic rings. The van der Waals surface area contributed by atoms with Crippen LogP contribution < -0.4 is 5.73 Å². The van der Waals surface area contributed by atoms with Gasteiger partial charge in [0, 0.05) is 6.20 Å². The summed E-state index contributed by atoms with van der Waals surface area (Å²) in [7, 11) is 0. The summed E-state index contributed by atoms with van der Waals surface area (Å²) in [5.74, 6) is -0.145. The topological polar surface area (TPSA) is 95.9 Å². The molecule has 5 nitrogen and oxygen atoms in total. The zero-order chi connectivity index (χ0) is 8.20. The van der Waals surface area contributed by atoms with Crippen LogP contribution in [0.4, 0.5) is 0 Å². The molecule has 0 atom stereocenters. The normalized spacial score (nSPS) is 13.3. The van der Waals surface area contributed by atoms with Crippen molar-refractivity contribution in [2.75, 3.05) is 6.16 Å². The summed E-state index contributed by atoms with van der Waals surface area (Å²) in [5.41, 5.74) is 4.89. The van der Waals surface area contributed by atoms with E-state index in [2.05, 4.69) is 16.7 Å². The molecular weight excluding hydrogens is 177 g/mol. The van der Waals surface area contributed by atoms with Gasteiger partial charge < -0.3 is 20.4 Å². The minimum Gasteiger partial charge on any atom is -0.402 e. The minimum absolute atomic E-state index is 0.145. The highest BCUT2D eigenvalue weighted by atomic mass is 32.5. The maximum Gasteiger partial charge on any atom is 0.191 e. The average Bonchev–Trinajstić information content (AvgIpc) is 1.81. The smallest absolute Gasteiger partial charge is 0.191 e. The molecule has 5 N–H and O–H groups in total. The van der Waals surface area contributed by atoms with E-state index in [9.17, 15) is 0 Å². The summed E-state index contributed by atoms with van der Waals surface area (Å²) < 4.78 is 0. The molecular formula is C3H8NO4PS. The Morgan fingerprint density at radius 2 is 2.20 bits per heavy atom. The molecule has 0 aromatic carbocycles. The second-order valence-electron chi connectivity index (χ2n) is 1.55. The molecule has 0 unspecified atom stereocenters. The van der Waals surface area contributed by atoms with E-state index in [-0.39, 0.29) is 11.9 Å². The zero-order valence-corrected chi connectivity index (χ0v) is 6.68. The van der Waals surface area contributed by atoms with Crippen LogP contribution in [0.3, 0.4) is 0 Å². The van der Waals surface area contributed by atoms with Crippen LogP contribution in [0, 0.1) is 0 Å². The van der Waals surface area contributed by atoms with Crippen molar-refractivity contribution in [3.8, 4) is 0 Å². The van der Waals surface area contributed by atoms with Crippen molar-refractivity contribution in [1.82, 2.24) is 0 Å². The van der Waals surface area contributed by atoms with Gasteiger partial charge in [0.15, 0.2) is 12.3 Å². The molecule has 0 fully saturated rings. The van der Waals surface area contributed by atoms with E-state index in [0.29, 0.717) is 0 Å². The lowest BCUT2D eigenvalue weighted by Crippen LogP contribution is -1.98. The van der Waals surface area contributed by atoms with Crippen LogP contribution in [-0.2, 0) is 16.7 Å². The van der Waals surface area contributed by atoms with Gasteiger partial charge in [0.25, 0.3) is 0 Å². The molecule has 60 valence electrons. The van der Waals surface area contributed by atoms with Crippen molar-refractivity contribution in [3.05, 3.63) is 12.0 Å². The SMILES string of the molecule is N/C=C(/CP(O)(O)=S)OO. The lowest BCUT2D eigenvalue weighted by Gasteiger charge is -2.06. The number of allylic oxidation sites excluding steroid dienone is 1. The number of nitrogens with two attached hydrogens (primary N) is 1. The first-order valence-corrected chi connectivity index (χ1v) is 5.15. The van der Waals surface area contributed by atoms with E-state index in [0.717, 1.165) is 6.20 Å². The lowest BCUT2D eigenvalue weighted by atomic mass is 10.6. The van der Waals surface area contributed by atoms with E-state index in [4.69, 9.17) is 20.8 Å². The number of hydrogen-bond donors (Lipinski definition) is 4. The van der Waals surface area contributed by atoms with Gasteiger partial charge in [-0.25, -0.2) is 5.26 Å². The summed E-state index contributed by atoms with van der Waals surface area (Å²) in [6, 6.07) is 0. The second-order valence-corrected chi connectivity index (χ2v) is 4.95.